The number of aliphatic hydroxyl groups excluding tert-OH is 1. The standard InChI is InChI=1S/C35H42N4O7/c1-20-24-9-4-6-12-28(24)46-32(20)34(43)36-26(10-5-7-13-30(41)45-3)33(42)37-27-11-8-14-39(35(27)44)19-29(40)38(2)31-23-16-21-15-22(18-23)25(31)17-21/h4,6-9,11-14,21-23,25-26,30-31,41H,5,10,15-19H2,1-3H3,(H,36,43)(H,37,42)/b13-7+/t21?,22?,23?,25?,26-,30?,31?/m0/s1. The number of aromatic nitrogens is 1. The SMILES string of the molecule is COC(O)/C=C/CC[C@H](NC(=O)c1oc2ccccc2c1C)C(=O)Nc1cccn(CC(=O)N(C)C2C3CC4CC(C3)C2C4)c1=O. The van der Waals surface area contributed by atoms with E-state index in [1.165, 1.54) is 49.5 Å². The van der Waals surface area contributed by atoms with Gasteiger partial charge >= 0.3 is 0 Å². The number of para-hydroxylation sites is 1. The minimum absolute atomic E-state index is 0.00558. The smallest absolute Gasteiger partial charge is 0.287 e. The van der Waals surface area contributed by atoms with E-state index in [1.54, 1.807) is 31.3 Å². The summed E-state index contributed by atoms with van der Waals surface area (Å²) in [6, 6.07) is 9.56. The predicted molar refractivity (Wildman–Crippen MR) is 172 cm³/mol. The van der Waals surface area contributed by atoms with Crippen molar-refractivity contribution in [3.05, 3.63) is 76.4 Å². The zero-order valence-corrected chi connectivity index (χ0v) is 26.5. The van der Waals surface area contributed by atoms with Gasteiger partial charge in [0.05, 0.1) is 0 Å². The van der Waals surface area contributed by atoms with Crippen molar-refractivity contribution in [2.45, 2.75) is 70.4 Å². The molecule has 7 atom stereocenters. The number of carbonyl (C=O) groups is 3. The van der Waals surface area contributed by atoms with E-state index in [0.717, 1.165) is 17.2 Å². The van der Waals surface area contributed by atoms with Crippen LogP contribution in [0.2, 0.25) is 0 Å². The van der Waals surface area contributed by atoms with Gasteiger partial charge in [-0.15, -0.1) is 0 Å². The van der Waals surface area contributed by atoms with Gasteiger partial charge in [-0.1, -0.05) is 24.3 Å². The van der Waals surface area contributed by atoms with E-state index in [2.05, 4.69) is 10.6 Å². The number of furan rings is 1. The average Bonchev–Trinajstić information content (AvgIpc) is 3.63. The minimum atomic E-state index is -1.09. The Morgan fingerprint density at radius 1 is 1.13 bits per heavy atom. The monoisotopic (exact) mass is 630 g/mol. The third-order valence-corrected chi connectivity index (χ3v) is 10.3. The number of benzene rings is 1. The molecule has 4 bridgehead atoms. The normalized spacial score (nSPS) is 24.4. The number of ether oxygens (including phenoxy) is 1. The highest BCUT2D eigenvalue weighted by atomic mass is 16.6. The molecule has 7 rings (SSSR count). The van der Waals surface area contributed by atoms with Gasteiger partial charge in [-0.3, -0.25) is 19.2 Å². The number of hydrogen-bond donors (Lipinski definition) is 3. The van der Waals surface area contributed by atoms with Crippen LogP contribution >= 0.6 is 0 Å². The van der Waals surface area contributed by atoms with E-state index in [1.807, 2.05) is 30.1 Å². The quantitative estimate of drug-likeness (QED) is 0.204. The molecule has 0 saturated heterocycles. The van der Waals surface area contributed by atoms with Crippen molar-refractivity contribution < 1.29 is 28.6 Å². The van der Waals surface area contributed by atoms with Gasteiger partial charge in [0.15, 0.2) is 12.1 Å². The van der Waals surface area contributed by atoms with Gasteiger partial charge in [0.25, 0.3) is 11.5 Å². The van der Waals surface area contributed by atoms with Crippen molar-refractivity contribution >= 4 is 34.4 Å². The van der Waals surface area contributed by atoms with Crippen molar-refractivity contribution in [1.82, 2.24) is 14.8 Å². The van der Waals surface area contributed by atoms with E-state index in [-0.39, 0.29) is 36.4 Å². The van der Waals surface area contributed by atoms with Crippen LogP contribution in [0.3, 0.4) is 0 Å². The Balaban J connectivity index is 1.15. The van der Waals surface area contributed by atoms with Crippen LogP contribution in [0.1, 0.15) is 54.6 Å². The lowest BCUT2D eigenvalue weighted by Crippen LogP contribution is -2.47. The summed E-state index contributed by atoms with van der Waals surface area (Å²) in [5.41, 5.74) is 0.702. The second kappa shape index (κ2) is 13.3. The Hall–Kier alpha value is -4.22. The first-order chi connectivity index (χ1) is 22.1. The van der Waals surface area contributed by atoms with Gasteiger partial charge in [0.2, 0.25) is 11.8 Å². The van der Waals surface area contributed by atoms with Gasteiger partial charge in [0, 0.05) is 37.3 Å². The molecule has 2 heterocycles. The Morgan fingerprint density at radius 3 is 2.67 bits per heavy atom. The van der Waals surface area contributed by atoms with Gasteiger partial charge in [0.1, 0.15) is 23.9 Å². The molecule has 4 aliphatic carbocycles. The maximum atomic E-state index is 13.6. The summed E-state index contributed by atoms with van der Waals surface area (Å²) in [5.74, 6) is 1.43. The lowest BCUT2D eigenvalue weighted by molar-refractivity contribution is -0.135. The van der Waals surface area contributed by atoms with Crippen LogP contribution in [0.5, 0.6) is 0 Å². The number of rotatable bonds is 12. The molecule has 0 radical (unpaired) electrons. The van der Waals surface area contributed by atoms with E-state index >= 15 is 0 Å². The molecule has 4 aliphatic rings. The Morgan fingerprint density at radius 2 is 1.91 bits per heavy atom. The fourth-order valence-electron chi connectivity index (χ4n) is 8.14. The number of anilines is 1. The number of aryl methyl sites for hydroxylation is 1. The number of methoxy groups -OCH3 is 1. The molecule has 3 N–H and O–H groups in total. The molecular formula is C35H42N4O7. The number of pyridine rings is 1. The van der Waals surface area contributed by atoms with Crippen LogP contribution in [-0.2, 0) is 20.9 Å². The van der Waals surface area contributed by atoms with Crippen molar-refractivity contribution in [2.75, 3.05) is 19.5 Å². The summed E-state index contributed by atoms with van der Waals surface area (Å²) in [4.78, 5) is 55.6. The Kier molecular flexibility index (Phi) is 9.15. The van der Waals surface area contributed by atoms with Crippen molar-refractivity contribution in [2.24, 2.45) is 23.7 Å². The van der Waals surface area contributed by atoms with Crippen LogP contribution in [0.15, 0.2) is 64.0 Å². The van der Waals surface area contributed by atoms with E-state index in [9.17, 15) is 24.3 Å². The molecule has 1 aromatic carbocycles. The summed E-state index contributed by atoms with van der Waals surface area (Å²) < 4.78 is 11.9. The fourth-order valence-corrected chi connectivity index (χ4v) is 8.14. The molecule has 4 saturated carbocycles. The number of hydrogen-bond acceptors (Lipinski definition) is 7. The number of nitrogens with zero attached hydrogens (tertiary/aromatic N) is 2. The molecule has 11 nitrogen and oxygen atoms in total. The van der Waals surface area contributed by atoms with Crippen molar-refractivity contribution in [1.29, 1.82) is 0 Å². The molecular weight excluding hydrogens is 588 g/mol. The van der Waals surface area contributed by atoms with E-state index in [0.29, 0.717) is 29.4 Å². The summed E-state index contributed by atoms with van der Waals surface area (Å²) in [6.45, 7) is 1.65. The van der Waals surface area contributed by atoms with Crippen LogP contribution < -0.4 is 16.2 Å². The summed E-state index contributed by atoms with van der Waals surface area (Å²) >= 11 is 0. The van der Waals surface area contributed by atoms with E-state index in [4.69, 9.17) is 9.15 Å². The summed E-state index contributed by atoms with van der Waals surface area (Å²) in [6.07, 6.45) is 8.89. The number of fused-ring (bicyclic) bond motifs is 1. The highest BCUT2D eigenvalue weighted by Gasteiger charge is 2.55. The second-order valence-electron chi connectivity index (χ2n) is 13.0. The number of likely N-dealkylation sites (N-methyl/N-ethyl adjacent to an activating group) is 1. The number of aliphatic hydroxyl groups is 1. The molecule has 3 aromatic rings. The summed E-state index contributed by atoms with van der Waals surface area (Å²) in [5, 5.41) is 15.9. The summed E-state index contributed by atoms with van der Waals surface area (Å²) in [7, 11) is 3.22. The third-order valence-electron chi connectivity index (χ3n) is 10.3. The molecule has 46 heavy (non-hydrogen) atoms. The van der Waals surface area contributed by atoms with E-state index < -0.39 is 29.7 Å². The van der Waals surface area contributed by atoms with Gasteiger partial charge in [-0.2, -0.15) is 0 Å². The van der Waals surface area contributed by atoms with Gasteiger partial charge < -0.3 is 34.4 Å². The fraction of sp³-hybridized carbons (Fsp3) is 0.486. The average molecular weight is 631 g/mol. The zero-order valence-electron chi connectivity index (χ0n) is 26.5. The Bertz CT molecular complexity index is 1710. The third kappa shape index (κ3) is 6.26. The molecule has 2 aromatic heterocycles. The molecule has 11 heteroatoms. The molecule has 0 aliphatic heterocycles. The highest BCUT2D eigenvalue weighted by molar-refractivity contribution is 6.03. The lowest BCUT2D eigenvalue weighted by atomic mass is 9.79. The molecule has 4 fully saturated rings. The number of nitrogens with one attached hydrogen (secondary N) is 2. The van der Waals surface area contributed by atoms with Gasteiger partial charge in [-0.25, -0.2) is 0 Å². The maximum absolute atomic E-state index is 13.6. The molecule has 3 amide bonds. The maximum Gasteiger partial charge on any atom is 0.287 e. The van der Waals surface area contributed by atoms with Crippen molar-refractivity contribution in [3.63, 3.8) is 0 Å². The van der Waals surface area contributed by atoms with Crippen LogP contribution in [0, 0.1) is 30.6 Å². The topological polar surface area (TPSA) is 143 Å². The Labute approximate surface area is 267 Å². The second-order valence-corrected chi connectivity index (χ2v) is 13.0. The lowest BCUT2D eigenvalue weighted by Gasteiger charge is -2.38. The van der Waals surface area contributed by atoms with Crippen LogP contribution in [0.4, 0.5) is 5.69 Å². The number of carbonyl (C=O) groups excluding carboxylic acids is 3. The molecule has 6 unspecified atom stereocenters. The predicted octanol–water partition coefficient (Wildman–Crippen LogP) is 3.83. The van der Waals surface area contributed by atoms with Crippen LogP contribution in [-0.4, -0.2) is 64.8 Å². The van der Waals surface area contributed by atoms with Gasteiger partial charge in [-0.05, 0) is 93.4 Å². The van der Waals surface area contributed by atoms with Crippen LogP contribution in [0.25, 0.3) is 11.0 Å². The highest BCUT2D eigenvalue weighted by Crippen LogP contribution is 2.59. The first-order valence-corrected chi connectivity index (χ1v) is 16.1. The zero-order chi connectivity index (χ0) is 32.5. The van der Waals surface area contributed by atoms with Crippen molar-refractivity contribution in [3.8, 4) is 0 Å². The molecule has 244 valence electrons. The number of allylic oxidation sites excluding steroid dienone is 1. The number of amides is 3. The first-order valence-electron chi connectivity index (χ1n) is 16.1. The molecule has 0 spiro atoms. The minimum Gasteiger partial charge on any atom is -0.451 e. The first kappa shape index (κ1) is 31.7. The largest absolute Gasteiger partial charge is 0.451 e.